The Hall–Kier alpha value is -0.790. The highest BCUT2D eigenvalue weighted by atomic mass is 19.1. The van der Waals surface area contributed by atoms with Gasteiger partial charge >= 0.3 is 0 Å². The zero-order chi connectivity index (χ0) is 7.72. The molecule has 0 unspecified atom stereocenters. The van der Waals surface area contributed by atoms with Crippen molar-refractivity contribution < 1.29 is 8.81 Å². The van der Waals surface area contributed by atoms with Crippen molar-refractivity contribution in [3.63, 3.8) is 0 Å². The van der Waals surface area contributed by atoms with Gasteiger partial charge in [-0.2, -0.15) is 0 Å². The smallest absolute Gasteiger partial charge is 0.164 e. The molecule has 0 amide bonds. The SMILES string of the molecule is Cc1c(F)coc1C(C)C. The fourth-order valence-corrected chi connectivity index (χ4v) is 0.979. The van der Waals surface area contributed by atoms with Crippen molar-refractivity contribution in [2.24, 2.45) is 0 Å². The van der Waals surface area contributed by atoms with E-state index < -0.39 is 0 Å². The molecule has 0 spiro atoms. The quantitative estimate of drug-likeness (QED) is 0.587. The van der Waals surface area contributed by atoms with Crippen molar-refractivity contribution in [1.29, 1.82) is 0 Å². The lowest BCUT2D eigenvalue weighted by molar-refractivity contribution is 0.474. The molecular weight excluding hydrogens is 131 g/mol. The summed E-state index contributed by atoms with van der Waals surface area (Å²) >= 11 is 0. The largest absolute Gasteiger partial charge is 0.466 e. The summed E-state index contributed by atoms with van der Waals surface area (Å²) in [6.07, 6.45) is 1.16. The van der Waals surface area contributed by atoms with Gasteiger partial charge in [-0.25, -0.2) is 4.39 Å². The van der Waals surface area contributed by atoms with Crippen LogP contribution in [0, 0.1) is 12.7 Å². The maximum absolute atomic E-state index is 12.6. The van der Waals surface area contributed by atoms with Crippen molar-refractivity contribution in [1.82, 2.24) is 0 Å². The highest BCUT2D eigenvalue weighted by Crippen LogP contribution is 2.22. The molecule has 10 heavy (non-hydrogen) atoms. The lowest BCUT2D eigenvalue weighted by Gasteiger charge is -1.99. The lowest BCUT2D eigenvalue weighted by atomic mass is 10.1. The molecule has 0 bridgehead atoms. The van der Waals surface area contributed by atoms with Crippen LogP contribution < -0.4 is 0 Å². The standard InChI is InChI=1S/C8H11FO/c1-5(2)8-6(3)7(9)4-10-8/h4-5H,1-3H3. The molecule has 0 aliphatic carbocycles. The molecular formula is C8H11FO. The Kier molecular flexibility index (Phi) is 1.79. The van der Waals surface area contributed by atoms with Crippen LogP contribution in [0.1, 0.15) is 31.1 Å². The van der Waals surface area contributed by atoms with Gasteiger partial charge in [0, 0.05) is 11.5 Å². The molecule has 0 aliphatic rings. The van der Waals surface area contributed by atoms with Crippen molar-refractivity contribution in [2.45, 2.75) is 26.7 Å². The van der Waals surface area contributed by atoms with Crippen LogP contribution in [-0.2, 0) is 0 Å². The van der Waals surface area contributed by atoms with E-state index in [4.69, 9.17) is 4.42 Å². The van der Waals surface area contributed by atoms with Crippen LogP contribution in [0.25, 0.3) is 0 Å². The predicted molar refractivity (Wildman–Crippen MR) is 37.5 cm³/mol. The van der Waals surface area contributed by atoms with Crippen LogP contribution in [0.15, 0.2) is 10.7 Å². The van der Waals surface area contributed by atoms with Crippen molar-refractivity contribution in [2.75, 3.05) is 0 Å². The van der Waals surface area contributed by atoms with Gasteiger partial charge in [-0.15, -0.1) is 0 Å². The first kappa shape index (κ1) is 7.32. The second-order valence-electron chi connectivity index (χ2n) is 2.73. The fraction of sp³-hybridized carbons (Fsp3) is 0.500. The molecule has 0 aromatic carbocycles. The van der Waals surface area contributed by atoms with Gasteiger partial charge in [0.05, 0.1) is 0 Å². The molecule has 0 fully saturated rings. The maximum Gasteiger partial charge on any atom is 0.164 e. The molecule has 0 N–H and O–H groups in total. The molecule has 0 atom stereocenters. The van der Waals surface area contributed by atoms with Gasteiger partial charge in [0.25, 0.3) is 0 Å². The van der Waals surface area contributed by atoms with Crippen LogP contribution in [0.4, 0.5) is 4.39 Å². The molecule has 0 saturated carbocycles. The third-order valence-electron chi connectivity index (χ3n) is 1.54. The maximum atomic E-state index is 12.6. The van der Waals surface area contributed by atoms with Crippen molar-refractivity contribution >= 4 is 0 Å². The van der Waals surface area contributed by atoms with Gasteiger partial charge in [-0.1, -0.05) is 13.8 Å². The normalized spacial score (nSPS) is 10.9. The second-order valence-corrected chi connectivity index (χ2v) is 2.73. The second kappa shape index (κ2) is 2.45. The molecule has 0 saturated heterocycles. The summed E-state index contributed by atoms with van der Waals surface area (Å²) in [5, 5.41) is 0. The molecule has 0 radical (unpaired) electrons. The van der Waals surface area contributed by atoms with Gasteiger partial charge in [0.15, 0.2) is 5.82 Å². The predicted octanol–water partition coefficient (Wildman–Crippen LogP) is 2.85. The van der Waals surface area contributed by atoms with Crippen LogP contribution >= 0.6 is 0 Å². The van der Waals surface area contributed by atoms with E-state index in [1.165, 1.54) is 0 Å². The Morgan fingerprint density at radius 1 is 1.50 bits per heavy atom. The summed E-state index contributed by atoms with van der Waals surface area (Å²) in [7, 11) is 0. The number of halogens is 1. The van der Waals surface area contributed by atoms with Gasteiger partial charge < -0.3 is 4.42 Å². The van der Waals surface area contributed by atoms with Crippen molar-refractivity contribution in [3.05, 3.63) is 23.4 Å². The summed E-state index contributed by atoms with van der Waals surface area (Å²) in [6, 6.07) is 0. The lowest BCUT2D eigenvalue weighted by Crippen LogP contribution is -1.86. The number of furan rings is 1. The van der Waals surface area contributed by atoms with Gasteiger partial charge in [0.2, 0.25) is 0 Å². The van der Waals surface area contributed by atoms with Gasteiger partial charge in [-0.3, -0.25) is 0 Å². The van der Waals surface area contributed by atoms with Gasteiger partial charge in [0.1, 0.15) is 12.0 Å². The van der Waals surface area contributed by atoms with Crippen LogP contribution in [0.3, 0.4) is 0 Å². The van der Waals surface area contributed by atoms with Crippen LogP contribution in [0.5, 0.6) is 0 Å². The average molecular weight is 142 g/mol. The first-order valence-corrected chi connectivity index (χ1v) is 3.36. The van der Waals surface area contributed by atoms with Crippen molar-refractivity contribution in [3.8, 4) is 0 Å². The zero-order valence-corrected chi connectivity index (χ0v) is 6.44. The Morgan fingerprint density at radius 3 is 2.30 bits per heavy atom. The Bertz CT molecular complexity index is 225. The first-order valence-electron chi connectivity index (χ1n) is 3.36. The van der Waals surface area contributed by atoms with E-state index in [1.807, 2.05) is 13.8 Å². The molecule has 56 valence electrons. The summed E-state index contributed by atoms with van der Waals surface area (Å²) in [4.78, 5) is 0. The number of hydrogen-bond acceptors (Lipinski definition) is 1. The minimum absolute atomic E-state index is 0.247. The monoisotopic (exact) mass is 142 g/mol. The van der Waals surface area contributed by atoms with E-state index in [1.54, 1.807) is 6.92 Å². The minimum atomic E-state index is -0.247. The molecule has 0 aliphatic heterocycles. The summed E-state index contributed by atoms with van der Waals surface area (Å²) in [6.45, 7) is 5.69. The molecule has 2 heteroatoms. The van der Waals surface area contributed by atoms with E-state index in [2.05, 4.69) is 0 Å². The third-order valence-corrected chi connectivity index (χ3v) is 1.54. The van der Waals surface area contributed by atoms with Gasteiger partial charge in [-0.05, 0) is 6.92 Å². The Balaban J connectivity index is 3.05. The van der Waals surface area contributed by atoms with E-state index in [0.717, 1.165) is 12.0 Å². The topological polar surface area (TPSA) is 13.1 Å². The molecule has 1 nitrogen and oxygen atoms in total. The molecule has 1 rings (SSSR count). The summed E-state index contributed by atoms with van der Waals surface area (Å²) < 4.78 is 17.6. The third kappa shape index (κ3) is 1.06. The summed E-state index contributed by atoms with van der Waals surface area (Å²) in [5.41, 5.74) is 0.634. The van der Waals surface area contributed by atoms with E-state index in [0.29, 0.717) is 5.56 Å². The fourth-order valence-electron chi connectivity index (χ4n) is 0.979. The van der Waals surface area contributed by atoms with Crippen LogP contribution in [0.2, 0.25) is 0 Å². The first-order chi connectivity index (χ1) is 4.63. The number of rotatable bonds is 1. The van der Waals surface area contributed by atoms with Crippen LogP contribution in [-0.4, -0.2) is 0 Å². The average Bonchev–Trinajstić information content (AvgIpc) is 2.14. The molecule has 1 heterocycles. The highest BCUT2D eigenvalue weighted by molar-refractivity contribution is 5.19. The molecule has 1 aromatic rings. The van der Waals surface area contributed by atoms with E-state index in [9.17, 15) is 4.39 Å². The molecule has 1 aromatic heterocycles. The van der Waals surface area contributed by atoms with E-state index in [-0.39, 0.29) is 11.7 Å². The number of hydrogen-bond donors (Lipinski definition) is 0. The Morgan fingerprint density at radius 2 is 2.10 bits per heavy atom. The Labute approximate surface area is 59.9 Å². The highest BCUT2D eigenvalue weighted by Gasteiger charge is 2.11. The minimum Gasteiger partial charge on any atom is -0.466 e. The zero-order valence-electron chi connectivity index (χ0n) is 6.44. The summed E-state index contributed by atoms with van der Waals surface area (Å²) in [5.74, 6) is 0.769. The van der Waals surface area contributed by atoms with E-state index >= 15 is 0 Å².